The van der Waals surface area contributed by atoms with Crippen molar-refractivity contribution in [3.8, 4) is 0 Å². The van der Waals surface area contributed by atoms with Gasteiger partial charge in [-0.2, -0.15) is 0 Å². The summed E-state index contributed by atoms with van der Waals surface area (Å²) < 4.78 is 5.57. The molecule has 108 valence electrons. The van der Waals surface area contributed by atoms with E-state index in [4.69, 9.17) is 16.3 Å². The number of ether oxygens (including phenoxy) is 1. The summed E-state index contributed by atoms with van der Waals surface area (Å²) >= 11 is 6.03. The lowest BCUT2D eigenvalue weighted by atomic mass is 9.99. The van der Waals surface area contributed by atoms with Crippen molar-refractivity contribution in [3.63, 3.8) is 0 Å². The Balaban J connectivity index is 1.57. The molecular formula is C16H20ClNO2. The number of nitrogens with zero attached hydrogens (tertiary/aromatic N) is 1. The summed E-state index contributed by atoms with van der Waals surface area (Å²) in [4.78, 5) is 14.2. The van der Waals surface area contributed by atoms with Gasteiger partial charge in [0.2, 0.25) is 5.91 Å². The van der Waals surface area contributed by atoms with E-state index in [-0.39, 0.29) is 5.91 Å². The molecule has 2 aliphatic heterocycles. The van der Waals surface area contributed by atoms with E-state index in [1.165, 1.54) is 11.1 Å². The fourth-order valence-electron chi connectivity index (χ4n) is 3.05. The topological polar surface area (TPSA) is 29.5 Å². The van der Waals surface area contributed by atoms with Crippen LogP contribution in [0.1, 0.15) is 36.8 Å². The monoisotopic (exact) mass is 293 g/mol. The average molecular weight is 294 g/mol. The molecule has 1 aromatic carbocycles. The first-order chi connectivity index (χ1) is 9.72. The maximum Gasteiger partial charge on any atom is 0.222 e. The highest BCUT2D eigenvalue weighted by Crippen LogP contribution is 2.24. The van der Waals surface area contributed by atoms with Crippen LogP contribution in [0.4, 0.5) is 0 Å². The number of benzene rings is 1. The minimum atomic E-state index is 0.242. The van der Waals surface area contributed by atoms with Crippen LogP contribution in [-0.4, -0.2) is 30.1 Å². The summed E-state index contributed by atoms with van der Waals surface area (Å²) in [5.41, 5.74) is 2.51. The summed E-state index contributed by atoms with van der Waals surface area (Å²) in [7, 11) is 0. The van der Waals surface area contributed by atoms with Gasteiger partial charge in [0, 0.05) is 31.1 Å². The van der Waals surface area contributed by atoms with Gasteiger partial charge in [0.1, 0.15) is 0 Å². The zero-order valence-electron chi connectivity index (χ0n) is 11.6. The number of carbonyl (C=O) groups excluding carboxylic acids is 1. The van der Waals surface area contributed by atoms with Crippen LogP contribution in [0.15, 0.2) is 18.2 Å². The van der Waals surface area contributed by atoms with Gasteiger partial charge in [0.15, 0.2) is 0 Å². The van der Waals surface area contributed by atoms with Crippen LogP contribution in [0.3, 0.4) is 0 Å². The van der Waals surface area contributed by atoms with Gasteiger partial charge in [-0.3, -0.25) is 4.79 Å². The van der Waals surface area contributed by atoms with Crippen molar-refractivity contribution >= 4 is 17.5 Å². The van der Waals surface area contributed by atoms with E-state index >= 15 is 0 Å². The molecule has 0 aromatic heterocycles. The number of hydrogen-bond donors (Lipinski definition) is 0. The highest BCUT2D eigenvalue weighted by Gasteiger charge is 2.23. The Morgan fingerprint density at radius 1 is 1.40 bits per heavy atom. The molecule has 0 spiro atoms. The molecule has 3 rings (SSSR count). The Morgan fingerprint density at radius 2 is 2.30 bits per heavy atom. The number of carbonyl (C=O) groups is 1. The Morgan fingerprint density at radius 3 is 3.10 bits per heavy atom. The van der Waals surface area contributed by atoms with Gasteiger partial charge in [0.05, 0.1) is 6.10 Å². The molecule has 1 amide bonds. The molecule has 1 aromatic rings. The zero-order chi connectivity index (χ0) is 13.9. The first-order valence-electron chi connectivity index (χ1n) is 7.39. The zero-order valence-corrected chi connectivity index (χ0v) is 12.4. The van der Waals surface area contributed by atoms with Crippen molar-refractivity contribution in [2.75, 3.05) is 13.2 Å². The number of hydrogen-bond acceptors (Lipinski definition) is 2. The van der Waals surface area contributed by atoms with Crippen LogP contribution in [-0.2, 0) is 22.5 Å². The highest BCUT2D eigenvalue weighted by atomic mass is 35.5. The van der Waals surface area contributed by atoms with E-state index in [0.29, 0.717) is 19.1 Å². The summed E-state index contributed by atoms with van der Waals surface area (Å²) in [6.07, 6.45) is 4.92. The summed E-state index contributed by atoms with van der Waals surface area (Å²) in [5.74, 6) is 0.242. The normalized spacial score (nSPS) is 21.9. The Bertz CT molecular complexity index is 497. The molecule has 1 saturated heterocycles. The molecule has 0 bridgehead atoms. The van der Waals surface area contributed by atoms with Gasteiger partial charge >= 0.3 is 0 Å². The number of rotatable bonds is 3. The quantitative estimate of drug-likeness (QED) is 0.856. The third-order valence-corrected chi connectivity index (χ3v) is 4.47. The van der Waals surface area contributed by atoms with E-state index in [9.17, 15) is 4.79 Å². The number of fused-ring (bicyclic) bond motifs is 1. The second-order valence-corrected chi connectivity index (χ2v) is 6.09. The predicted molar refractivity (Wildman–Crippen MR) is 78.8 cm³/mol. The molecule has 0 N–H and O–H groups in total. The van der Waals surface area contributed by atoms with Crippen molar-refractivity contribution in [2.45, 2.75) is 44.8 Å². The van der Waals surface area contributed by atoms with Crippen molar-refractivity contribution in [2.24, 2.45) is 0 Å². The fraction of sp³-hybridized carbons (Fsp3) is 0.562. The minimum absolute atomic E-state index is 0.242. The first kappa shape index (κ1) is 13.9. The highest BCUT2D eigenvalue weighted by molar-refractivity contribution is 6.30. The van der Waals surface area contributed by atoms with Gasteiger partial charge in [0.25, 0.3) is 0 Å². The molecule has 0 radical (unpaired) electrons. The molecule has 0 saturated carbocycles. The summed E-state index contributed by atoms with van der Waals surface area (Å²) in [5, 5.41) is 0.748. The molecule has 0 aliphatic carbocycles. The van der Waals surface area contributed by atoms with E-state index in [1.807, 2.05) is 17.0 Å². The SMILES string of the molecule is O=C(CCC1CCCO1)N1CCc2ccc(Cl)cc2C1. The lowest BCUT2D eigenvalue weighted by Gasteiger charge is -2.29. The lowest BCUT2D eigenvalue weighted by molar-refractivity contribution is -0.132. The van der Waals surface area contributed by atoms with Crippen LogP contribution in [0.25, 0.3) is 0 Å². The second-order valence-electron chi connectivity index (χ2n) is 5.65. The third kappa shape index (κ3) is 3.15. The number of amides is 1. The van der Waals surface area contributed by atoms with Gasteiger partial charge < -0.3 is 9.64 Å². The fourth-order valence-corrected chi connectivity index (χ4v) is 3.25. The molecule has 1 fully saturated rings. The van der Waals surface area contributed by atoms with Gasteiger partial charge in [-0.05, 0) is 48.9 Å². The summed E-state index contributed by atoms with van der Waals surface area (Å²) in [6.45, 7) is 2.37. The largest absolute Gasteiger partial charge is 0.378 e. The summed E-state index contributed by atoms with van der Waals surface area (Å²) in [6, 6.07) is 5.98. The van der Waals surface area contributed by atoms with Crippen LogP contribution in [0, 0.1) is 0 Å². The van der Waals surface area contributed by atoms with Crippen LogP contribution in [0.5, 0.6) is 0 Å². The van der Waals surface area contributed by atoms with Crippen LogP contribution < -0.4 is 0 Å². The first-order valence-corrected chi connectivity index (χ1v) is 7.77. The van der Waals surface area contributed by atoms with E-state index in [0.717, 1.165) is 43.9 Å². The molecule has 4 heteroatoms. The van der Waals surface area contributed by atoms with Crippen molar-refractivity contribution < 1.29 is 9.53 Å². The second kappa shape index (κ2) is 6.15. The molecule has 1 unspecified atom stereocenters. The van der Waals surface area contributed by atoms with Gasteiger partial charge in [-0.1, -0.05) is 17.7 Å². The lowest BCUT2D eigenvalue weighted by Crippen LogP contribution is -2.36. The molecule has 3 nitrogen and oxygen atoms in total. The molecule has 2 aliphatic rings. The number of halogens is 1. The maximum atomic E-state index is 12.3. The third-order valence-electron chi connectivity index (χ3n) is 4.24. The van der Waals surface area contributed by atoms with Gasteiger partial charge in [-0.15, -0.1) is 0 Å². The Hall–Kier alpha value is -1.06. The van der Waals surface area contributed by atoms with Crippen molar-refractivity contribution in [1.82, 2.24) is 4.90 Å². The molecule has 20 heavy (non-hydrogen) atoms. The molecule has 2 heterocycles. The maximum absolute atomic E-state index is 12.3. The molecular weight excluding hydrogens is 274 g/mol. The Kier molecular flexibility index (Phi) is 4.27. The Labute approximate surface area is 124 Å². The van der Waals surface area contributed by atoms with E-state index < -0.39 is 0 Å². The van der Waals surface area contributed by atoms with E-state index in [2.05, 4.69) is 6.07 Å². The average Bonchev–Trinajstić information content (AvgIpc) is 2.97. The van der Waals surface area contributed by atoms with Crippen LogP contribution >= 0.6 is 11.6 Å². The van der Waals surface area contributed by atoms with Crippen molar-refractivity contribution in [3.05, 3.63) is 34.3 Å². The van der Waals surface area contributed by atoms with Crippen LogP contribution in [0.2, 0.25) is 5.02 Å². The van der Waals surface area contributed by atoms with Gasteiger partial charge in [-0.25, -0.2) is 0 Å². The predicted octanol–water partition coefficient (Wildman–Crippen LogP) is 3.18. The smallest absolute Gasteiger partial charge is 0.222 e. The van der Waals surface area contributed by atoms with Crippen molar-refractivity contribution in [1.29, 1.82) is 0 Å². The minimum Gasteiger partial charge on any atom is -0.378 e. The van der Waals surface area contributed by atoms with E-state index in [1.54, 1.807) is 0 Å². The standard InChI is InChI=1S/C16H20ClNO2/c17-14-4-3-12-7-8-18(11-13(12)10-14)16(19)6-5-15-2-1-9-20-15/h3-4,10,15H,1-2,5-9,11H2. The molecule has 1 atom stereocenters.